The van der Waals surface area contributed by atoms with Crippen LogP contribution >= 0.6 is 23.2 Å². The van der Waals surface area contributed by atoms with Gasteiger partial charge in [-0.3, -0.25) is 4.99 Å². The summed E-state index contributed by atoms with van der Waals surface area (Å²) in [5.74, 6) is -0.733. The summed E-state index contributed by atoms with van der Waals surface area (Å²) in [4.78, 5) is 6.60. The average molecular weight is 197 g/mol. The Hall–Kier alpha value is -0.410. The molecule has 0 heterocycles. The number of alkyl halides is 1. The van der Waals surface area contributed by atoms with Crippen LogP contribution in [0.5, 0.6) is 0 Å². The van der Waals surface area contributed by atoms with Gasteiger partial charge in [0.15, 0.2) is 0 Å². The van der Waals surface area contributed by atoms with Crippen LogP contribution in [0, 0.1) is 0 Å². The summed E-state index contributed by atoms with van der Waals surface area (Å²) >= 11 is 10.7. The fourth-order valence-electron chi connectivity index (χ4n) is 0.375. The Morgan fingerprint density at radius 3 is 2.55 bits per heavy atom. The van der Waals surface area contributed by atoms with E-state index in [2.05, 4.69) is 16.7 Å². The molecule has 0 aliphatic carbocycles. The molecule has 0 aliphatic rings. The Morgan fingerprint density at radius 2 is 2.18 bits per heavy atom. The van der Waals surface area contributed by atoms with Crippen LogP contribution in [0.1, 0.15) is 6.92 Å². The zero-order chi connectivity index (χ0) is 8.85. The van der Waals surface area contributed by atoms with Gasteiger partial charge < -0.3 is 0 Å². The minimum absolute atomic E-state index is 0.000591. The highest BCUT2D eigenvalue weighted by molar-refractivity contribution is 6.69. The van der Waals surface area contributed by atoms with Gasteiger partial charge >= 0.3 is 0 Å². The second-order valence-electron chi connectivity index (χ2n) is 1.64. The molecule has 0 aromatic carbocycles. The van der Waals surface area contributed by atoms with Gasteiger partial charge in [0.1, 0.15) is 11.2 Å². The first-order valence-corrected chi connectivity index (χ1v) is 3.64. The summed E-state index contributed by atoms with van der Waals surface area (Å²) in [5.41, 5.74) is 0.141. The van der Waals surface area contributed by atoms with Crippen molar-refractivity contribution in [1.29, 1.82) is 0 Å². The van der Waals surface area contributed by atoms with Gasteiger partial charge in [0.05, 0.1) is 0 Å². The van der Waals surface area contributed by atoms with Gasteiger partial charge in [-0.25, -0.2) is 4.99 Å². The maximum Gasteiger partial charge on any atom is 0.218 e. The highest BCUT2D eigenvalue weighted by Crippen LogP contribution is 2.11. The third-order valence-corrected chi connectivity index (χ3v) is 1.48. The number of rotatable bonds is 3. The minimum atomic E-state index is -0.733. The molecule has 0 unspecified atom stereocenters. The molecule has 0 atom stereocenters. The zero-order valence-electron chi connectivity index (χ0n) is 5.94. The molecule has 0 radical (unpaired) electrons. The fourth-order valence-corrected chi connectivity index (χ4v) is 0.693. The number of nitrogens with zero attached hydrogens (tertiary/aromatic N) is 2. The zero-order valence-corrected chi connectivity index (χ0v) is 7.45. The van der Waals surface area contributed by atoms with Crippen molar-refractivity contribution in [2.75, 3.05) is 6.00 Å². The van der Waals surface area contributed by atoms with Crippen LogP contribution in [0.2, 0.25) is 0 Å². The summed E-state index contributed by atoms with van der Waals surface area (Å²) in [7, 11) is 0. The molecule has 0 saturated carbocycles. The summed E-state index contributed by atoms with van der Waals surface area (Å²) in [5, 5.41) is 0.0184. The first-order chi connectivity index (χ1) is 5.13. The molecular formula is C6H7Cl2FN2. The van der Waals surface area contributed by atoms with Gasteiger partial charge in [-0.05, 0) is 13.6 Å². The predicted molar refractivity (Wildman–Crippen MR) is 47.4 cm³/mol. The average Bonchev–Trinajstić information content (AvgIpc) is 2.02. The molecule has 0 amide bonds. The molecule has 0 aromatic heterocycles. The number of aliphatic imine (C=N–C) groups is 2. The third-order valence-electron chi connectivity index (χ3n) is 0.956. The van der Waals surface area contributed by atoms with Crippen LogP contribution in [-0.4, -0.2) is 17.9 Å². The van der Waals surface area contributed by atoms with Crippen LogP contribution < -0.4 is 0 Å². The van der Waals surface area contributed by atoms with E-state index in [1.165, 1.54) is 6.92 Å². The summed E-state index contributed by atoms with van der Waals surface area (Å²) in [6.07, 6.45) is 0. The molecular weight excluding hydrogens is 190 g/mol. The predicted octanol–water partition coefficient (Wildman–Crippen LogP) is 2.72. The van der Waals surface area contributed by atoms with E-state index in [0.29, 0.717) is 0 Å². The maximum atomic E-state index is 12.5. The molecule has 0 bridgehead atoms. The first kappa shape index (κ1) is 10.6. The Morgan fingerprint density at radius 1 is 1.64 bits per heavy atom. The summed E-state index contributed by atoms with van der Waals surface area (Å²) in [6.45, 7) is 4.44. The molecule has 2 nitrogen and oxygen atoms in total. The SMILES string of the molecule is C=N/C(F)=C(C)\C(Cl)=N/CCl. The quantitative estimate of drug-likeness (QED) is 0.377. The number of hydrogen-bond acceptors (Lipinski definition) is 2. The maximum absolute atomic E-state index is 12.5. The highest BCUT2D eigenvalue weighted by Gasteiger charge is 2.03. The van der Waals surface area contributed by atoms with E-state index < -0.39 is 5.95 Å². The standard InChI is InChI=1S/C6H7Cl2FN2/c1-4(6(9)10-2)5(8)11-3-7/h2-3H2,1H3/b6-4-,11-5+. The van der Waals surface area contributed by atoms with Crippen LogP contribution in [0.25, 0.3) is 0 Å². The minimum Gasteiger partial charge on any atom is -0.257 e. The molecule has 11 heavy (non-hydrogen) atoms. The molecule has 0 rings (SSSR count). The van der Waals surface area contributed by atoms with Crippen molar-refractivity contribution in [3.05, 3.63) is 11.5 Å². The summed E-state index contributed by atoms with van der Waals surface area (Å²) < 4.78 is 12.5. The third kappa shape index (κ3) is 3.49. The van der Waals surface area contributed by atoms with E-state index in [-0.39, 0.29) is 16.7 Å². The topological polar surface area (TPSA) is 24.7 Å². The number of allylic oxidation sites excluding steroid dienone is 1. The number of halogens is 3. The molecule has 0 N–H and O–H groups in total. The smallest absolute Gasteiger partial charge is 0.218 e. The van der Waals surface area contributed by atoms with Gasteiger partial charge in [0, 0.05) is 5.57 Å². The van der Waals surface area contributed by atoms with Gasteiger partial charge in [0.2, 0.25) is 5.95 Å². The molecule has 5 heteroatoms. The van der Waals surface area contributed by atoms with Gasteiger partial charge in [0.25, 0.3) is 0 Å². The Kier molecular flexibility index (Phi) is 5.07. The normalized spacial score (nSPS) is 14.4. The molecule has 0 fully saturated rings. The molecule has 0 saturated heterocycles. The van der Waals surface area contributed by atoms with Crippen molar-refractivity contribution in [3.63, 3.8) is 0 Å². The summed E-state index contributed by atoms with van der Waals surface area (Å²) in [6, 6.07) is 0.000591. The lowest BCUT2D eigenvalue weighted by atomic mass is 10.3. The lowest BCUT2D eigenvalue weighted by Gasteiger charge is -1.95. The molecule has 0 aliphatic heterocycles. The lowest BCUT2D eigenvalue weighted by Crippen LogP contribution is -1.92. The van der Waals surface area contributed by atoms with Crippen LogP contribution in [-0.2, 0) is 0 Å². The molecule has 0 spiro atoms. The van der Waals surface area contributed by atoms with E-state index in [1.54, 1.807) is 0 Å². The van der Waals surface area contributed by atoms with Crippen molar-refractivity contribution >= 4 is 35.1 Å². The van der Waals surface area contributed by atoms with Crippen molar-refractivity contribution in [2.45, 2.75) is 6.92 Å². The first-order valence-electron chi connectivity index (χ1n) is 2.72. The lowest BCUT2D eigenvalue weighted by molar-refractivity contribution is 0.623. The second-order valence-corrected chi connectivity index (χ2v) is 2.24. The highest BCUT2D eigenvalue weighted by atomic mass is 35.5. The monoisotopic (exact) mass is 196 g/mol. The van der Waals surface area contributed by atoms with Crippen molar-refractivity contribution in [1.82, 2.24) is 0 Å². The van der Waals surface area contributed by atoms with E-state index in [1.807, 2.05) is 0 Å². The molecule has 62 valence electrons. The van der Waals surface area contributed by atoms with Crippen molar-refractivity contribution in [3.8, 4) is 0 Å². The largest absolute Gasteiger partial charge is 0.257 e. The van der Waals surface area contributed by atoms with Crippen LogP contribution in [0.15, 0.2) is 21.5 Å². The second kappa shape index (κ2) is 5.27. The molecule has 0 aromatic rings. The Bertz CT molecular complexity index is 211. The van der Waals surface area contributed by atoms with E-state index >= 15 is 0 Å². The van der Waals surface area contributed by atoms with Crippen molar-refractivity contribution < 1.29 is 4.39 Å². The van der Waals surface area contributed by atoms with Crippen LogP contribution in [0.3, 0.4) is 0 Å². The van der Waals surface area contributed by atoms with E-state index in [0.717, 1.165) is 0 Å². The number of hydrogen-bond donors (Lipinski definition) is 0. The van der Waals surface area contributed by atoms with E-state index in [4.69, 9.17) is 23.2 Å². The van der Waals surface area contributed by atoms with Gasteiger partial charge in [-0.1, -0.05) is 11.6 Å². The van der Waals surface area contributed by atoms with Crippen molar-refractivity contribution in [2.24, 2.45) is 9.98 Å². The van der Waals surface area contributed by atoms with E-state index in [9.17, 15) is 4.39 Å². The Labute approximate surface area is 74.4 Å². The van der Waals surface area contributed by atoms with Gasteiger partial charge in [-0.2, -0.15) is 4.39 Å². The fraction of sp³-hybridized carbons (Fsp3) is 0.333. The van der Waals surface area contributed by atoms with Gasteiger partial charge in [-0.15, -0.1) is 11.6 Å². The van der Waals surface area contributed by atoms with Crippen LogP contribution in [0.4, 0.5) is 4.39 Å². The Balaban J connectivity index is 4.59.